The highest BCUT2D eigenvalue weighted by Gasteiger charge is 2.31. The predicted octanol–water partition coefficient (Wildman–Crippen LogP) is 4.94. The van der Waals surface area contributed by atoms with Crippen LogP contribution in [0.5, 0.6) is 0 Å². The SMILES string of the molecule is Cc1ccccc1N1C(Cn2nc(-c3cccc(C(=O)O)c3)c3c(N)ncnc32)=Cc2cccc(C)c2C1O. The molecule has 0 fully saturated rings. The smallest absolute Gasteiger partial charge is 0.335 e. The van der Waals surface area contributed by atoms with Gasteiger partial charge in [-0.1, -0.05) is 48.5 Å². The third-order valence-corrected chi connectivity index (χ3v) is 7.12. The fraction of sp³-hybridized carbons (Fsp3) is 0.133. The first kappa shape index (κ1) is 24.3. The first-order valence-electron chi connectivity index (χ1n) is 12.5. The van der Waals surface area contributed by atoms with E-state index in [-0.39, 0.29) is 17.9 Å². The van der Waals surface area contributed by atoms with E-state index in [1.165, 1.54) is 12.4 Å². The second kappa shape index (κ2) is 9.38. The van der Waals surface area contributed by atoms with Crippen LogP contribution >= 0.6 is 0 Å². The molecule has 3 aromatic carbocycles. The number of hydrogen-bond donors (Lipinski definition) is 3. The largest absolute Gasteiger partial charge is 0.478 e. The van der Waals surface area contributed by atoms with Gasteiger partial charge in [-0.3, -0.25) is 0 Å². The quantitative estimate of drug-likeness (QED) is 0.298. The molecule has 4 N–H and O–H groups in total. The average Bonchev–Trinajstić information content (AvgIpc) is 3.29. The highest BCUT2D eigenvalue weighted by Crippen LogP contribution is 2.40. The molecule has 194 valence electrons. The van der Waals surface area contributed by atoms with Crippen molar-refractivity contribution in [1.29, 1.82) is 0 Å². The minimum atomic E-state index is -1.03. The van der Waals surface area contributed by atoms with E-state index in [1.807, 2.05) is 61.2 Å². The molecule has 0 amide bonds. The van der Waals surface area contributed by atoms with Gasteiger partial charge in [0.25, 0.3) is 0 Å². The molecule has 1 aliphatic heterocycles. The van der Waals surface area contributed by atoms with Crippen molar-refractivity contribution >= 4 is 34.6 Å². The molecular formula is C30H26N6O3. The maximum absolute atomic E-state index is 11.7. The second-order valence-corrected chi connectivity index (χ2v) is 9.59. The summed E-state index contributed by atoms with van der Waals surface area (Å²) < 4.78 is 1.72. The highest BCUT2D eigenvalue weighted by atomic mass is 16.4. The number of benzene rings is 3. The molecule has 0 aliphatic carbocycles. The maximum atomic E-state index is 11.7. The minimum absolute atomic E-state index is 0.140. The van der Waals surface area contributed by atoms with Gasteiger partial charge in [-0.2, -0.15) is 5.10 Å². The molecule has 2 aromatic heterocycles. The van der Waals surface area contributed by atoms with Gasteiger partial charge in [0, 0.05) is 22.5 Å². The molecule has 1 aliphatic rings. The number of carboxylic acids is 1. The van der Waals surface area contributed by atoms with Gasteiger partial charge in [0.15, 0.2) is 11.9 Å². The van der Waals surface area contributed by atoms with Gasteiger partial charge >= 0.3 is 5.97 Å². The summed E-state index contributed by atoms with van der Waals surface area (Å²) in [5.41, 5.74) is 13.5. The molecule has 0 radical (unpaired) electrons. The number of anilines is 2. The summed E-state index contributed by atoms with van der Waals surface area (Å²) in [6.45, 7) is 4.28. The third kappa shape index (κ3) is 4.09. The van der Waals surface area contributed by atoms with E-state index in [4.69, 9.17) is 10.8 Å². The number of fused-ring (bicyclic) bond motifs is 2. The van der Waals surface area contributed by atoms with Gasteiger partial charge in [0.2, 0.25) is 0 Å². The normalized spacial score (nSPS) is 14.8. The molecule has 0 bridgehead atoms. The number of aromatic carboxylic acids is 1. The van der Waals surface area contributed by atoms with Crippen molar-refractivity contribution in [3.63, 3.8) is 0 Å². The topological polar surface area (TPSA) is 130 Å². The van der Waals surface area contributed by atoms with Crippen LogP contribution in [0.15, 0.2) is 78.8 Å². The summed E-state index contributed by atoms with van der Waals surface area (Å²) in [4.78, 5) is 22.2. The number of hydrogen-bond acceptors (Lipinski definition) is 7. The van der Waals surface area contributed by atoms with E-state index in [2.05, 4.69) is 16.0 Å². The number of aliphatic hydroxyl groups is 1. The van der Waals surface area contributed by atoms with E-state index in [0.717, 1.165) is 33.6 Å². The molecule has 0 saturated carbocycles. The summed E-state index contributed by atoms with van der Waals surface area (Å²) in [7, 11) is 0. The number of aliphatic hydroxyl groups excluding tert-OH is 1. The molecule has 5 aromatic rings. The van der Waals surface area contributed by atoms with Crippen molar-refractivity contribution in [1.82, 2.24) is 19.7 Å². The summed E-state index contributed by atoms with van der Waals surface area (Å²) >= 11 is 0. The zero-order chi connectivity index (χ0) is 27.3. The van der Waals surface area contributed by atoms with Gasteiger partial charge in [-0.05, 0) is 54.8 Å². The Morgan fingerprint density at radius 3 is 2.56 bits per heavy atom. The van der Waals surface area contributed by atoms with Gasteiger partial charge < -0.3 is 20.8 Å². The predicted molar refractivity (Wildman–Crippen MR) is 150 cm³/mol. The highest BCUT2D eigenvalue weighted by molar-refractivity contribution is 5.99. The zero-order valence-corrected chi connectivity index (χ0v) is 21.4. The summed E-state index contributed by atoms with van der Waals surface area (Å²) in [5, 5.41) is 26.6. The lowest BCUT2D eigenvalue weighted by atomic mass is 9.94. The molecule has 0 spiro atoms. The number of aromatic nitrogens is 4. The first-order chi connectivity index (χ1) is 18.8. The lowest BCUT2D eigenvalue weighted by Crippen LogP contribution is -2.34. The second-order valence-electron chi connectivity index (χ2n) is 9.59. The number of carboxylic acid groups (broad SMARTS) is 1. The Labute approximate surface area is 224 Å². The Hall–Kier alpha value is -5.02. The molecule has 0 saturated heterocycles. The van der Waals surface area contributed by atoms with Crippen molar-refractivity contribution in [3.8, 4) is 11.3 Å². The fourth-order valence-corrected chi connectivity index (χ4v) is 5.25. The van der Waals surface area contributed by atoms with Crippen LogP contribution in [0.2, 0.25) is 0 Å². The first-order valence-corrected chi connectivity index (χ1v) is 12.5. The number of nitrogens with zero attached hydrogens (tertiary/aromatic N) is 5. The summed E-state index contributed by atoms with van der Waals surface area (Å²) in [6.07, 6.45) is 2.54. The van der Waals surface area contributed by atoms with E-state index >= 15 is 0 Å². The lowest BCUT2D eigenvalue weighted by Gasteiger charge is -2.38. The number of para-hydroxylation sites is 1. The third-order valence-electron chi connectivity index (χ3n) is 7.12. The zero-order valence-electron chi connectivity index (χ0n) is 21.4. The molecule has 39 heavy (non-hydrogen) atoms. The van der Waals surface area contributed by atoms with Crippen LogP contribution in [0, 0.1) is 13.8 Å². The van der Waals surface area contributed by atoms with Crippen molar-refractivity contribution in [2.24, 2.45) is 0 Å². The Morgan fingerprint density at radius 1 is 1.00 bits per heavy atom. The molecular weight excluding hydrogens is 492 g/mol. The number of allylic oxidation sites excluding steroid dienone is 1. The maximum Gasteiger partial charge on any atom is 0.335 e. The van der Waals surface area contributed by atoms with Crippen LogP contribution in [0.25, 0.3) is 28.4 Å². The van der Waals surface area contributed by atoms with Crippen molar-refractivity contribution in [2.75, 3.05) is 10.6 Å². The summed E-state index contributed by atoms with van der Waals surface area (Å²) in [5.74, 6) is -0.787. The Balaban J connectivity index is 1.54. The lowest BCUT2D eigenvalue weighted by molar-refractivity contribution is 0.0697. The molecule has 1 unspecified atom stereocenters. The van der Waals surface area contributed by atoms with E-state index in [1.54, 1.807) is 22.9 Å². The molecule has 6 rings (SSSR count). The number of carbonyl (C=O) groups is 1. The number of rotatable bonds is 5. The monoisotopic (exact) mass is 518 g/mol. The van der Waals surface area contributed by atoms with Crippen LogP contribution in [0.1, 0.15) is 38.8 Å². The standard InChI is InChI=1S/C30H26N6O3/c1-17-7-3-4-12-23(17)36-22(14-19-9-5-8-18(2)24(19)29(36)37)15-35-28-25(27(31)32-16-33-28)26(34-35)20-10-6-11-21(13-20)30(38)39/h3-14,16,29,37H,15H2,1-2H3,(H,38,39)(H2,31,32,33). The van der Waals surface area contributed by atoms with Gasteiger partial charge in [-0.25, -0.2) is 19.4 Å². The number of aryl methyl sites for hydroxylation is 2. The van der Waals surface area contributed by atoms with Crippen LogP contribution in [-0.2, 0) is 6.54 Å². The van der Waals surface area contributed by atoms with Crippen molar-refractivity contribution in [2.45, 2.75) is 26.6 Å². The van der Waals surface area contributed by atoms with Crippen LogP contribution in [0.3, 0.4) is 0 Å². The molecule has 3 heterocycles. The number of nitrogen functional groups attached to an aromatic ring is 1. The van der Waals surface area contributed by atoms with E-state index in [9.17, 15) is 15.0 Å². The van der Waals surface area contributed by atoms with Gasteiger partial charge in [0.1, 0.15) is 17.8 Å². The van der Waals surface area contributed by atoms with E-state index in [0.29, 0.717) is 22.3 Å². The Kier molecular flexibility index (Phi) is 5.85. The van der Waals surface area contributed by atoms with Crippen molar-refractivity contribution < 1.29 is 15.0 Å². The van der Waals surface area contributed by atoms with E-state index < -0.39 is 12.2 Å². The van der Waals surface area contributed by atoms with Crippen LogP contribution in [-0.4, -0.2) is 35.9 Å². The summed E-state index contributed by atoms with van der Waals surface area (Å²) in [6, 6.07) is 20.4. The number of nitrogens with two attached hydrogens (primary N) is 1. The molecule has 9 nitrogen and oxygen atoms in total. The minimum Gasteiger partial charge on any atom is -0.478 e. The molecule has 9 heteroatoms. The van der Waals surface area contributed by atoms with Gasteiger partial charge in [0.05, 0.1) is 17.5 Å². The Bertz CT molecular complexity index is 1790. The van der Waals surface area contributed by atoms with Gasteiger partial charge in [-0.15, -0.1) is 0 Å². The van der Waals surface area contributed by atoms with Crippen LogP contribution < -0.4 is 10.6 Å². The average molecular weight is 519 g/mol. The molecule has 1 atom stereocenters. The Morgan fingerprint density at radius 2 is 1.77 bits per heavy atom. The van der Waals surface area contributed by atoms with Crippen LogP contribution in [0.4, 0.5) is 11.5 Å². The fourth-order valence-electron chi connectivity index (χ4n) is 5.25. The van der Waals surface area contributed by atoms with Crippen molar-refractivity contribution in [3.05, 3.63) is 107 Å².